The molecule has 28 valence electrons. The second-order valence-corrected chi connectivity index (χ2v) is 1.07. The minimum absolute atomic E-state index is 0.116. The van der Waals surface area contributed by atoms with Crippen LogP contribution in [0, 0.1) is 19.8 Å². The first-order valence-corrected chi connectivity index (χ1v) is 1.78. The second kappa shape index (κ2) is 2.25. The van der Waals surface area contributed by atoms with Gasteiger partial charge in [0.2, 0.25) is 0 Å². The van der Waals surface area contributed by atoms with Gasteiger partial charge >= 0.3 is 0 Å². The van der Waals surface area contributed by atoms with Crippen molar-refractivity contribution in [2.45, 2.75) is 13.3 Å². The van der Waals surface area contributed by atoms with Gasteiger partial charge in [-0.2, -0.15) is 0 Å². The minimum atomic E-state index is -0.116. The summed E-state index contributed by atoms with van der Waals surface area (Å²) in [5, 5.41) is 0. The van der Waals surface area contributed by atoms with Crippen molar-refractivity contribution in [3.63, 3.8) is 0 Å². The Hall–Kier alpha value is 0. The molecule has 0 saturated carbocycles. The molecule has 5 heavy (non-hydrogen) atoms. The van der Waals surface area contributed by atoms with Crippen molar-refractivity contribution in [1.82, 2.24) is 0 Å². The van der Waals surface area contributed by atoms with Gasteiger partial charge in [-0.15, -0.1) is 0 Å². The lowest BCUT2D eigenvalue weighted by Crippen LogP contribution is -1.78. The molecule has 0 aliphatic rings. The summed E-state index contributed by atoms with van der Waals surface area (Å²) in [6.45, 7) is 12.1. The molecule has 0 aliphatic heterocycles. The summed E-state index contributed by atoms with van der Waals surface area (Å²) in [6, 6.07) is 0. The van der Waals surface area contributed by atoms with Crippen molar-refractivity contribution in [2.75, 3.05) is 0 Å². The Morgan fingerprint density at radius 1 is 1.60 bits per heavy atom. The largest absolute Gasteiger partial charge is 0.0651 e. The summed E-state index contributed by atoms with van der Waals surface area (Å²) < 4.78 is 0. The Morgan fingerprint density at radius 2 is 1.80 bits per heavy atom. The van der Waals surface area contributed by atoms with E-state index in [0.717, 1.165) is 6.42 Å². The van der Waals surface area contributed by atoms with E-state index in [1.54, 1.807) is 0 Å². The highest BCUT2D eigenvalue weighted by Crippen LogP contribution is 1.92. The van der Waals surface area contributed by atoms with Crippen LogP contribution in [0.2, 0.25) is 0 Å². The van der Waals surface area contributed by atoms with Gasteiger partial charge in [0.25, 0.3) is 0 Å². The molecule has 0 aromatic rings. The molecule has 0 aromatic carbocycles. The smallest absolute Gasteiger partial charge is 0.0315 e. The van der Waals surface area contributed by atoms with Gasteiger partial charge < -0.3 is 0 Å². The maximum absolute atomic E-state index is 5.07. The Morgan fingerprint density at radius 3 is 1.80 bits per heavy atom. The fraction of sp³-hybridized carbons (Fsp3) is 0.600. The first kappa shape index (κ1) is 5.00. The molecule has 0 fully saturated rings. The highest BCUT2D eigenvalue weighted by molar-refractivity contribution is 4.57. The fourth-order valence-electron chi connectivity index (χ4n) is 0. The highest BCUT2D eigenvalue weighted by Gasteiger charge is 1.81. The topological polar surface area (TPSA) is 0 Å². The van der Waals surface area contributed by atoms with E-state index < -0.39 is 0 Å². The van der Waals surface area contributed by atoms with Crippen molar-refractivity contribution in [3.05, 3.63) is 13.8 Å². The number of rotatable bonds is 1. The Balaban J connectivity index is 2.54. The van der Waals surface area contributed by atoms with Gasteiger partial charge in [0.15, 0.2) is 0 Å². The molecule has 0 N–H and O–H groups in total. The zero-order valence-electron chi connectivity index (χ0n) is 3.44. The van der Waals surface area contributed by atoms with Crippen LogP contribution in [-0.2, 0) is 0 Å². The third kappa shape index (κ3) is 4.00. The molecule has 0 heteroatoms. The quantitative estimate of drug-likeness (QED) is 0.436. The fourth-order valence-corrected chi connectivity index (χ4v) is 0. The molecule has 0 amide bonds. The summed E-state index contributed by atoms with van der Waals surface area (Å²) in [5.74, 6) is -0.116. The summed E-state index contributed by atoms with van der Waals surface area (Å²) >= 11 is 0. The van der Waals surface area contributed by atoms with E-state index in [1.165, 1.54) is 0 Å². The van der Waals surface area contributed by atoms with Crippen LogP contribution in [0.25, 0.3) is 0 Å². The summed E-state index contributed by atoms with van der Waals surface area (Å²) in [5.41, 5.74) is 0. The van der Waals surface area contributed by atoms with Gasteiger partial charge in [-0.3, -0.25) is 0 Å². The lowest BCUT2D eigenvalue weighted by atomic mass is 10.2. The molecule has 0 unspecified atom stereocenters. The van der Waals surface area contributed by atoms with Gasteiger partial charge in [0.05, 0.1) is 0 Å². The second-order valence-electron chi connectivity index (χ2n) is 1.07. The third-order valence-corrected chi connectivity index (χ3v) is 0.471. The van der Waals surface area contributed by atoms with E-state index in [4.69, 9.17) is 13.8 Å². The summed E-state index contributed by atoms with van der Waals surface area (Å²) in [4.78, 5) is 0. The van der Waals surface area contributed by atoms with Crippen LogP contribution < -0.4 is 0 Å². The van der Waals surface area contributed by atoms with Crippen LogP contribution in [-0.4, -0.2) is 0 Å². The van der Waals surface area contributed by atoms with Crippen molar-refractivity contribution in [2.24, 2.45) is 5.92 Å². The van der Waals surface area contributed by atoms with E-state index in [2.05, 4.69) is 0 Å². The predicted octanol–water partition coefficient (Wildman–Crippen LogP) is 1.43. The van der Waals surface area contributed by atoms with Crippen LogP contribution in [0.3, 0.4) is 0 Å². The maximum atomic E-state index is 5.07. The van der Waals surface area contributed by atoms with Gasteiger partial charge in [-0.25, -0.2) is 0 Å². The van der Waals surface area contributed by atoms with Crippen molar-refractivity contribution in [1.29, 1.82) is 0 Å². The minimum Gasteiger partial charge on any atom is -0.0651 e. The average molecular weight is 68.1 g/mol. The van der Waals surface area contributed by atoms with E-state index >= 15 is 0 Å². The molecular weight excluding hydrogens is 60.1 g/mol. The lowest BCUT2D eigenvalue weighted by Gasteiger charge is -1.89. The third-order valence-electron chi connectivity index (χ3n) is 0.471. The Kier molecular flexibility index (Phi) is 2.25. The van der Waals surface area contributed by atoms with Crippen molar-refractivity contribution < 1.29 is 0 Å². The molecule has 0 spiro atoms. The molecule has 0 bridgehead atoms. The van der Waals surface area contributed by atoms with Crippen LogP contribution >= 0.6 is 0 Å². The normalized spacial score (nSPS) is 9.60. The predicted molar refractivity (Wildman–Crippen MR) is 22.4 cm³/mol. The van der Waals surface area contributed by atoms with E-state index in [1.807, 2.05) is 6.92 Å². The number of hydrogen-bond donors (Lipinski definition) is 0. The molecule has 0 rings (SSSR count). The average Bonchev–Trinajstić information content (AvgIpc) is 1.38. The standard InChI is InChI=1S/C5H8/c1-4-5(2)3/h2-3,5H,4H2,1H3. The molecule has 4 radical (unpaired) electrons. The van der Waals surface area contributed by atoms with E-state index in [-0.39, 0.29) is 5.92 Å². The van der Waals surface area contributed by atoms with Gasteiger partial charge in [-0.1, -0.05) is 13.3 Å². The molecule has 0 atom stereocenters. The molecule has 0 nitrogen and oxygen atoms in total. The molecule has 0 heterocycles. The first-order valence-electron chi connectivity index (χ1n) is 1.78. The zero-order valence-corrected chi connectivity index (χ0v) is 3.44. The van der Waals surface area contributed by atoms with Crippen LogP contribution in [0.15, 0.2) is 0 Å². The van der Waals surface area contributed by atoms with Gasteiger partial charge in [-0.05, 0) is 19.8 Å². The van der Waals surface area contributed by atoms with Crippen molar-refractivity contribution >= 4 is 0 Å². The Bertz CT molecular complexity index is 14.0. The van der Waals surface area contributed by atoms with E-state index in [0.29, 0.717) is 0 Å². The van der Waals surface area contributed by atoms with Gasteiger partial charge in [0.1, 0.15) is 0 Å². The Labute approximate surface area is 34.2 Å². The lowest BCUT2D eigenvalue weighted by molar-refractivity contribution is 0.766. The maximum Gasteiger partial charge on any atom is -0.0315 e. The summed E-state index contributed by atoms with van der Waals surface area (Å²) in [6.07, 6.45) is 0.861. The molecule has 0 aromatic heterocycles. The highest BCUT2D eigenvalue weighted by atomic mass is 13.9. The first-order chi connectivity index (χ1) is 2.27. The van der Waals surface area contributed by atoms with Crippen molar-refractivity contribution in [3.8, 4) is 0 Å². The SMILES string of the molecule is [CH]C([CH])CC. The van der Waals surface area contributed by atoms with Crippen LogP contribution in [0.1, 0.15) is 13.3 Å². The summed E-state index contributed by atoms with van der Waals surface area (Å²) in [7, 11) is 0. The van der Waals surface area contributed by atoms with Crippen LogP contribution in [0.5, 0.6) is 0 Å². The van der Waals surface area contributed by atoms with Gasteiger partial charge in [0, 0.05) is 0 Å². The molecule has 0 aliphatic carbocycles. The monoisotopic (exact) mass is 68.1 g/mol. The van der Waals surface area contributed by atoms with Crippen LogP contribution in [0.4, 0.5) is 0 Å². The number of hydrogen-bond acceptors (Lipinski definition) is 0. The van der Waals surface area contributed by atoms with E-state index in [9.17, 15) is 0 Å². The zero-order chi connectivity index (χ0) is 4.28. The molecular formula is C5H8. The molecule has 0 saturated heterocycles.